The molecule has 0 saturated carbocycles. The molecule has 4 nitrogen and oxygen atoms in total. The van der Waals surface area contributed by atoms with Crippen molar-refractivity contribution in [1.29, 1.82) is 0 Å². The summed E-state index contributed by atoms with van der Waals surface area (Å²) in [5.41, 5.74) is 1.29. The van der Waals surface area contributed by atoms with Gasteiger partial charge in [0.15, 0.2) is 16.7 Å². The van der Waals surface area contributed by atoms with Gasteiger partial charge in [0.05, 0.1) is 6.54 Å². The normalized spacial score (nSPS) is 22.3. The van der Waals surface area contributed by atoms with Crippen LogP contribution in [0.25, 0.3) is 0 Å². The van der Waals surface area contributed by atoms with Gasteiger partial charge in [-0.3, -0.25) is 4.99 Å². The molecule has 0 amide bonds. The fourth-order valence-electron chi connectivity index (χ4n) is 2.08. The Bertz CT molecular complexity index is 514. The van der Waals surface area contributed by atoms with Crippen LogP contribution in [0.3, 0.4) is 0 Å². The van der Waals surface area contributed by atoms with Crippen LogP contribution in [0.1, 0.15) is 25.8 Å². The predicted molar refractivity (Wildman–Crippen MR) is 78.0 cm³/mol. The van der Waals surface area contributed by atoms with Crippen molar-refractivity contribution < 1.29 is 9.47 Å². The summed E-state index contributed by atoms with van der Waals surface area (Å²) in [7, 11) is 0. The lowest BCUT2D eigenvalue weighted by atomic mass is 10.0. The number of rotatable bonds is 2. The highest BCUT2D eigenvalue weighted by Gasteiger charge is 2.24. The van der Waals surface area contributed by atoms with E-state index in [1.807, 2.05) is 18.2 Å². The summed E-state index contributed by atoms with van der Waals surface area (Å²) in [4.78, 5) is 4.65. The minimum Gasteiger partial charge on any atom is -0.454 e. The van der Waals surface area contributed by atoms with Crippen molar-refractivity contribution in [1.82, 2.24) is 5.32 Å². The van der Waals surface area contributed by atoms with Gasteiger partial charge in [0.1, 0.15) is 0 Å². The zero-order chi connectivity index (χ0) is 13.3. The second-order valence-electron chi connectivity index (χ2n) is 5.42. The lowest BCUT2D eigenvalue weighted by Gasteiger charge is -2.32. The van der Waals surface area contributed by atoms with Gasteiger partial charge in [-0.1, -0.05) is 17.8 Å². The summed E-state index contributed by atoms with van der Waals surface area (Å²) >= 11 is 1.79. The monoisotopic (exact) mass is 278 g/mol. The van der Waals surface area contributed by atoms with E-state index in [0.717, 1.165) is 28.0 Å². The van der Waals surface area contributed by atoms with Crippen molar-refractivity contribution in [3.8, 4) is 11.5 Å². The summed E-state index contributed by atoms with van der Waals surface area (Å²) < 4.78 is 10.7. The summed E-state index contributed by atoms with van der Waals surface area (Å²) in [5, 5.41) is 4.51. The average Bonchev–Trinajstić information content (AvgIpc) is 2.82. The SMILES string of the molecule is CC1(C)CCSC(=NCc2ccc3c(c2)OCO3)N1. The molecule has 1 saturated heterocycles. The molecule has 0 aromatic heterocycles. The van der Waals surface area contributed by atoms with Crippen LogP contribution in [0.2, 0.25) is 0 Å². The van der Waals surface area contributed by atoms with Gasteiger partial charge in [0.2, 0.25) is 6.79 Å². The number of ether oxygens (including phenoxy) is 2. The van der Waals surface area contributed by atoms with Crippen molar-refractivity contribution in [2.24, 2.45) is 4.99 Å². The Morgan fingerprint density at radius 3 is 3.00 bits per heavy atom. The minimum atomic E-state index is 0.152. The Balaban J connectivity index is 1.68. The van der Waals surface area contributed by atoms with Crippen LogP contribution in [0.5, 0.6) is 11.5 Å². The first-order valence-corrected chi connectivity index (χ1v) is 7.45. The molecule has 5 heteroatoms. The maximum Gasteiger partial charge on any atom is 0.231 e. The summed E-state index contributed by atoms with van der Waals surface area (Å²) in [6.07, 6.45) is 1.17. The fraction of sp³-hybridized carbons (Fsp3) is 0.500. The molecule has 1 N–H and O–H groups in total. The van der Waals surface area contributed by atoms with Gasteiger partial charge >= 0.3 is 0 Å². The lowest BCUT2D eigenvalue weighted by Crippen LogP contribution is -2.46. The van der Waals surface area contributed by atoms with Gasteiger partial charge in [-0.25, -0.2) is 0 Å². The third kappa shape index (κ3) is 2.97. The smallest absolute Gasteiger partial charge is 0.231 e. The summed E-state index contributed by atoms with van der Waals surface area (Å²) in [6.45, 7) is 5.41. The van der Waals surface area contributed by atoms with Gasteiger partial charge in [-0.05, 0) is 38.0 Å². The standard InChI is InChI=1S/C14H18N2O2S/c1-14(2)5-6-19-13(16-14)15-8-10-3-4-11-12(7-10)18-9-17-11/h3-4,7H,5-6,8-9H2,1-2H3,(H,15,16). The van der Waals surface area contributed by atoms with E-state index in [1.54, 1.807) is 11.8 Å². The van der Waals surface area contributed by atoms with Crippen LogP contribution in [0, 0.1) is 0 Å². The highest BCUT2D eigenvalue weighted by Crippen LogP contribution is 2.32. The summed E-state index contributed by atoms with van der Waals surface area (Å²) in [6, 6.07) is 5.99. The average molecular weight is 278 g/mol. The van der Waals surface area contributed by atoms with Gasteiger partial charge in [-0.15, -0.1) is 0 Å². The van der Waals surface area contributed by atoms with Gasteiger partial charge < -0.3 is 14.8 Å². The first kappa shape index (κ1) is 12.7. The number of hydrogen-bond acceptors (Lipinski definition) is 4. The highest BCUT2D eigenvalue weighted by atomic mass is 32.2. The number of aliphatic imine (C=N–C) groups is 1. The third-order valence-corrected chi connectivity index (χ3v) is 4.17. The number of benzene rings is 1. The van der Waals surface area contributed by atoms with E-state index >= 15 is 0 Å². The molecule has 1 fully saturated rings. The fourth-order valence-corrected chi connectivity index (χ4v) is 3.39. The van der Waals surface area contributed by atoms with Crippen LogP contribution in [-0.4, -0.2) is 23.3 Å². The molecular weight excluding hydrogens is 260 g/mol. The predicted octanol–water partition coefficient (Wildman–Crippen LogP) is 2.78. The van der Waals surface area contributed by atoms with E-state index in [2.05, 4.69) is 24.2 Å². The quantitative estimate of drug-likeness (QED) is 0.903. The van der Waals surface area contributed by atoms with E-state index in [0.29, 0.717) is 13.3 Å². The number of nitrogens with one attached hydrogen (secondary N) is 1. The molecule has 0 atom stereocenters. The molecule has 2 aliphatic heterocycles. The number of fused-ring (bicyclic) bond motifs is 1. The molecule has 1 aromatic rings. The van der Waals surface area contributed by atoms with E-state index in [1.165, 1.54) is 6.42 Å². The van der Waals surface area contributed by atoms with E-state index in [4.69, 9.17) is 9.47 Å². The van der Waals surface area contributed by atoms with Crippen LogP contribution < -0.4 is 14.8 Å². The van der Waals surface area contributed by atoms with E-state index in [9.17, 15) is 0 Å². The Kier molecular flexibility index (Phi) is 3.31. The zero-order valence-corrected chi connectivity index (χ0v) is 12.0. The first-order chi connectivity index (χ1) is 9.12. The van der Waals surface area contributed by atoms with E-state index in [-0.39, 0.29) is 5.54 Å². The Morgan fingerprint density at radius 2 is 2.16 bits per heavy atom. The Hall–Kier alpha value is -1.36. The molecule has 3 rings (SSSR count). The molecule has 2 aliphatic rings. The minimum absolute atomic E-state index is 0.152. The molecule has 102 valence electrons. The van der Waals surface area contributed by atoms with Gasteiger partial charge in [0, 0.05) is 11.3 Å². The van der Waals surface area contributed by atoms with Crippen LogP contribution in [0.15, 0.2) is 23.2 Å². The van der Waals surface area contributed by atoms with Gasteiger partial charge in [0.25, 0.3) is 0 Å². The second kappa shape index (κ2) is 4.96. The lowest BCUT2D eigenvalue weighted by molar-refractivity contribution is 0.174. The van der Waals surface area contributed by atoms with Crippen LogP contribution >= 0.6 is 11.8 Å². The highest BCUT2D eigenvalue weighted by molar-refractivity contribution is 8.13. The van der Waals surface area contributed by atoms with Crippen molar-refractivity contribution >= 4 is 16.9 Å². The van der Waals surface area contributed by atoms with Crippen molar-refractivity contribution in [3.05, 3.63) is 23.8 Å². The van der Waals surface area contributed by atoms with Crippen LogP contribution in [-0.2, 0) is 6.54 Å². The largest absolute Gasteiger partial charge is 0.454 e. The number of nitrogens with zero attached hydrogens (tertiary/aromatic N) is 1. The topological polar surface area (TPSA) is 42.9 Å². The maximum atomic E-state index is 5.37. The molecular formula is C14H18N2O2S. The van der Waals surface area contributed by atoms with Gasteiger partial charge in [-0.2, -0.15) is 0 Å². The van der Waals surface area contributed by atoms with Crippen LogP contribution in [0.4, 0.5) is 0 Å². The third-order valence-electron chi connectivity index (χ3n) is 3.25. The molecule has 1 aromatic carbocycles. The molecule has 0 unspecified atom stereocenters. The molecule has 0 spiro atoms. The number of hydrogen-bond donors (Lipinski definition) is 1. The van der Waals surface area contributed by atoms with Crippen molar-refractivity contribution in [2.75, 3.05) is 12.5 Å². The molecule has 0 radical (unpaired) electrons. The molecule has 2 heterocycles. The molecule has 0 aliphatic carbocycles. The van der Waals surface area contributed by atoms with E-state index < -0.39 is 0 Å². The summed E-state index contributed by atoms with van der Waals surface area (Å²) in [5.74, 6) is 2.77. The number of amidine groups is 1. The van der Waals surface area contributed by atoms with Crippen molar-refractivity contribution in [2.45, 2.75) is 32.4 Å². The zero-order valence-electron chi connectivity index (χ0n) is 11.2. The molecule has 19 heavy (non-hydrogen) atoms. The van der Waals surface area contributed by atoms with Crippen molar-refractivity contribution in [3.63, 3.8) is 0 Å². The maximum absolute atomic E-state index is 5.37. The Labute approximate surface area is 117 Å². The first-order valence-electron chi connectivity index (χ1n) is 6.46. The number of thioether (sulfide) groups is 1. The Morgan fingerprint density at radius 1 is 1.32 bits per heavy atom. The molecule has 0 bridgehead atoms. The second-order valence-corrected chi connectivity index (χ2v) is 6.50.